The highest BCUT2D eigenvalue weighted by Gasteiger charge is 2.32. The molecule has 2 aliphatic rings. The van der Waals surface area contributed by atoms with Gasteiger partial charge in [-0.3, -0.25) is 0 Å². The third kappa shape index (κ3) is 2.76. The number of quaternary nitrogens is 1. The molecular formula is C16H22N3O2S+. The maximum atomic E-state index is 12.8. The Bertz CT molecular complexity index is 701. The van der Waals surface area contributed by atoms with Gasteiger partial charge in [0.15, 0.2) is 6.04 Å². The van der Waals surface area contributed by atoms with Crippen molar-refractivity contribution < 1.29 is 13.3 Å². The summed E-state index contributed by atoms with van der Waals surface area (Å²) in [5, 5.41) is 8.98. The topological polar surface area (TPSA) is 65.6 Å². The molecule has 1 saturated heterocycles. The van der Waals surface area contributed by atoms with E-state index >= 15 is 0 Å². The minimum atomic E-state index is -3.40. The molecule has 0 aromatic heterocycles. The number of piperazine rings is 1. The van der Waals surface area contributed by atoms with Crippen LogP contribution in [0.1, 0.15) is 24.5 Å². The van der Waals surface area contributed by atoms with Gasteiger partial charge in [0.25, 0.3) is 0 Å². The van der Waals surface area contributed by atoms with E-state index in [1.54, 1.807) is 10.4 Å². The first-order valence-corrected chi connectivity index (χ1v) is 9.32. The van der Waals surface area contributed by atoms with Crippen LogP contribution in [-0.4, -0.2) is 44.9 Å². The lowest BCUT2D eigenvalue weighted by Gasteiger charge is -2.32. The maximum absolute atomic E-state index is 12.8. The summed E-state index contributed by atoms with van der Waals surface area (Å²) in [5.41, 5.74) is 2.47. The molecule has 6 heteroatoms. The van der Waals surface area contributed by atoms with Crippen molar-refractivity contribution in [2.45, 2.75) is 37.1 Å². The number of nitrogens with zero attached hydrogens (tertiary/aromatic N) is 2. The van der Waals surface area contributed by atoms with Gasteiger partial charge in [0.2, 0.25) is 10.0 Å². The number of nitriles is 1. The maximum Gasteiger partial charge on any atom is 0.243 e. The molecule has 0 amide bonds. The molecule has 1 aromatic rings. The summed E-state index contributed by atoms with van der Waals surface area (Å²) < 4.78 is 27.1. The number of sulfonamides is 1. The molecule has 0 unspecified atom stereocenters. The van der Waals surface area contributed by atoms with Crippen molar-refractivity contribution in [2.24, 2.45) is 0 Å². The van der Waals surface area contributed by atoms with Crippen LogP contribution in [0.2, 0.25) is 0 Å². The number of hydrogen-bond acceptors (Lipinski definition) is 3. The molecule has 1 atom stereocenters. The van der Waals surface area contributed by atoms with E-state index in [2.05, 4.69) is 6.07 Å². The minimum Gasteiger partial charge on any atom is -0.319 e. The van der Waals surface area contributed by atoms with Crippen molar-refractivity contribution in [2.75, 3.05) is 26.2 Å². The highest BCUT2D eigenvalue weighted by atomic mass is 32.2. The summed E-state index contributed by atoms with van der Waals surface area (Å²) >= 11 is 0. The van der Waals surface area contributed by atoms with Crippen LogP contribution in [0.3, 0.4) is 0 Å². The molecule has 118 valence electrons. The Morgan fingerprint density at radius 3 is 2.59 bits per heavy atom. The number of nitrogens with one attached hydrogen (secondary N) is 1. The van der Waals surface area contributed by atoms with Crippen molar-refractivity contribution in [3.05, 3.63) is 29.3 Å². The molecule has 5 nitrogen and oxygen atoms in total. The molecule has 1 aliphatic heterocycles. The van der Waals surface area contributed by atoms with Gasteiger partial charge in [-0.25, -0.2) is 8.42 Å². The quantitative estimate of drug-likeness (QED) is 0.851. The van der Waals surface area contributed by atoms with E-state index in [1.807, 2.05) is 19.1 Å². The predicted molar refractivity (Wildman–Crippen MR) is 83.0 cm³/mol. The summed E-state index contributed by atoms with van der Waals surface area (Å²) in [5.74, 6) is 0. The molecule has 1 aromatic carbocycles. The van der Waals surface area contributed by atoms with E-state index < -0.39 is 10.0 Å². The smallest absolute Gasteiger partial charge is 0.243 e. The van der Waals surface area contributed by atoms with E-state index in [-0.39, 0.29) is 6.04 Å². The van der Waals surface area contributed by atoms with Crippen LogP contribution in [0.15, 0.2) is 23.1 Å². The second-order valence-electron chi connectivity index (χ2n) is 6.20. The normalized spacial score (nSPS) is 21.3. The van der Waals surface area contributed by atoms with Gasteiger partial charge in [0.1, 0.15) is 6.07 Å². The number of hydrogen-bond donors (Lipinski definition) is 1. The molecule has 1 fully saturated rings. The zero-order valence-corrected chi connectivity index (χ0v) is 13.7. The molecule has 1 aliphatic carbocycles. The average molecular weight is 320 g/mol. The Morgan fingerprint density at radius 2 is 1.91 bits per heavy atom. The SMILES string of the molecule is C[C@@H](C#N)[NH+]1CCN(S(=O)(=O)c2ccc3c(c2)CCC3)CC1. The lowest BCUT2D eigenvalue weighted by atomic mass is 10.1. The van der Waals surface area contributed by atoms with Gasteiger partial charge in [-0.05, 0) is 42.5 Å². The Kier molecular flexibility index (Phi) is 4.22. The molecule has 0 spiro atoms. The highest BCUT2D eigenvalue weighted by molar-refractivity contribution is 7.89. The highest BCUT2D eigenvalue weighted by Crippen LogP contribution is 2.26. The van der Waals surface area contributed by atoms with Crippen LogP contribution in [0.5, 0.6) is 0 Å². The van der Waals surface area contributed by atoms with Crippen LogP contribution in [-0.2, 0) is 22.9 Å². The number of rotatable bonds is 3. The van der Waals surface area contributed by atoms with Gasteiger partial charge < -0.3 is 4.90 Å². The zero-order valence-electron chi connectivity index (χ0n) is 12.9. The van der Waals surface area contributed by atoms with Crippen molar-refractivity contribution >= 4 is 10.0 Å². The first kappa shape index (κ1) is 15.5. The lowest BCUT2D eigenvalue weighted by molar-refractivity contribution is -0.918. The van der Waals surface area contributed by atoms with Crippen molar-refractivity contribution in [1.29, 1.82) is 5.26 Å². The molecular weight excluding hydrogens is 298 g/mol. The van der Waals surface area contributed by atoms with E-state index in [0.717, 1.165) is 19.3 Å². The van der Waals surface area contributed by atoms with Gasteiger partial charge in [0.05, 0.1) is 31.1 Å². The lowest BCUT2D eigenvalue weighted by Crippen LogP contribution is -3.17. The monoisotopic (exact) mass is 320 g/mol. The summed E-state index contributed by atoms with van der Waals surface area (Å²) in [4.78, 5) is 1.59. The van der Waals surface area contributed by atoms with E-state index in [9.17, 15) is 8.42 Å². The molecule has 0 bridgehead atoms. The first-order valence-electron chi connectivity index (χ1n) is 7.88. The summed E-state index contributed by atoms with van der Waals surface area (Å²) in [6.45, 7) is 4.25. The molecule has 1 heterocycles. The van der Waals surface area contributed by atoms with E-state index in [4.69, 9.17) is 5.26 Å². The first-order chi connectivity index (χ1) is 10.5. The average Bonchev–Trinajstić information content (AvgIpc) is 3.01. The zero-order chi connectivity index (χ0) is 15.7. The molecule has 1 N–H and O–H groups in total. The van der Waals surface area contributed by atoms with Crippen molar-refractivity contribution in [3.63, 3.8) is 0 Å². The summed E-state index contributed by atoms with van der Waals surface area (Å²) in [6, 6.07) is 7.73. The number of fused-ring (bicyclic) bond motifs is 1. The Hall–Kier alpha value is -1.42. The fourth-order valence-electron chi connectivity index (χ4n) is 3.40. The molecule has 3 rings (SSSR count). The van der Waals surface area contributed by atoms with Gasteiger partial charge >= 0.3 is 0 Å². The summed E-state index contributed by atoms with van der Waals surface area (Å²) in [7, 11) is -3.40. The van der Waals surface area contributed by atoms with Gasteiger partial charge in [-0.2, -0.15) is 9.57 Å². The Morgan fingerprint density at radius 1 is 1.23 bits per heavy atom. The standard InChI is InChI=1S/C16H21N3O2S/c1-13(12-17)18-7-9-19(10-8-18)22(20,21)16-6-5-14-3-2-4-15(14)11-16/h5-6,11,13H,2-4,7-10H2,1H3/p+1/t13-/m0/s1. The van der Waals surface area contributed by atoms with Crippen LogP contribution in [0.25, 0.3) is 0 Å². The van der Waals surface area contributed by atoms with Crippen LogP contribution in [0.4, 0.5) is 0 Å². The van der Waals surface area contributed by atoms with Crippen LogP contribution in [0, 0.1) is 11.3 Å². The second-order valence-corrected chi connectivity index (χ2v) is 8.14. The van der Waals surface area contributed by atoms with Gasteiger partial charge in [-0.15, -0.1) is 0 Å². The van der Waals surface area contributed by atoms with Crippen molar-refractivity contribution in [3.8, 4) is 6.07 Å². The fraction of sp³-hybridized carbons (Fsp3) is 0.562. The van der Waals surface area contributed by atoms with Crippen molar-refractivity contribution in [1.82, 2.24) is 4.31 Å². The second kappa shape index (κ2) is 5.99. The minimum absolute atomic E-state index is 0.0788. The molecule has 0 radical (unpaired) electrons. The Labute approximate surface area is 132 Å². The Balaban J connectivity index is 1.76. The molecule has 0 saturated carbocycles. The third-order valence-corrected chi connectivity index (χ3v) is 6.77. The third-order valence-electron chi connectivity index (χ3n) is 4.88. The van der Waals surface area contributed by atoms with Crippen LogP contribution < -0.4 is 4.90 Å². The van der Waals surface area contributed by atoms with E-state index in [0.29, 0.717) is 31.1 Å². The number of aryl methyl sites for hydroxylation is 2. The summed E-state index contributed by atoms with van der Waals surface area (Å²) in [6.07, 6.45) is 3.16. The van der Waals surface area contributed by atoms with Gasteiger partial charge in [0, 0.05) is 6.92 Å². The number of benzene rings is 1. The molecule has 22 heavy (non-hydrogen) atoms. The van der Waals surface area contributed by atoms with E-state index in [1.165, 1.54) is 16.0 Å². The largest absolute Gasteiger partial charge is 0.319 e. The van der Waals surface area contributed by atoms with Gasteiger partial charge in [-0.1, -0.05) is 6.07 Å². The van der Waals surface area contributed by atoms with Crippen LogP contribution >= 0.6 is 0 Å². The predicted octanol–water partition coefficient (Wildman–Crippen LogP) is -0.0234. The fourth-order valence-corrected chi connectivity index (χ4v) is 4.89.